The fourth-order valence-corrected chi connectivity index (χ4v) is 2.75. The van der Waals surface area contributed by atoms with E-state index in [1.807, 2.05) is 24.3 Å². The normalized spacial score (nSPS) is 12.1. The molecule has 3 aromatic rings. The lowest BCUT2D eigenvalue weighted by Crippen LogP contribution is -2.27. The van der Waals surface area contributed by atoms with E-state index in [0.29, 0.717) is 20.6 Å². The van der Waals surface area contributed by atoms with Crippen LogP contribution in [0.4, 0.5) is 0 Å². The van der Waals surface area contributed by atoms with Crippen LogP contribution in [-0.2, 0) is 0 Å². The first kappa shape index (κ1) is 19.4. The highest BCUT2D eigenvalue weighted by Crippen LogP contribution is 2.19. The highest BCUT2D eigenvalue weighted by Gasteiger charge is 2.14. The van der Waals surface area contributed by atoms with Crippen LogP contribution in [-0.4, -0.2) is 12.1 Å². The topological polar surface area (TPSA) is 41.5 Å². The maximum atomic E-state index is 12.6. The van der Waals surface area contributed by atoms with Gasteiger partial charge >= 0.3 is 0 Å². The first-order valence-corrected chi connectivity index (χ1v) is 9.25. The van der Waals surface area contributed by atoms with Gasteiger partial charge in [0, 0.05) is 26.8 Å². The van der Waals surface area contributed by atoms with Gasteiger partial charge in [-0.15, -0.1) is 0 Å². The number of carbonyl (C=O) groups is 1. The molecule has 27 heavy (non-hydrogen) atoms. The Morgan fingerprint density at radius 3 is 1.81 bits per heavy atom. The van der Waals surface area contributed by atoms with E-state index in [2.05, 4.69) is 10.3 Å². The molecule has 0 aliphatic heterocycles. The Morgan fingerprint density at radius 1 is 0.778 bits per heavy atom. The van der Waals surface area contributed by atoms with Crippen molar-refractivity contribution in [3.63, 3.8) is 0 Å². The van der Waals surface area contributed by atoms with E-state index >= 15 is 0 Å². The monoisotopic (exact) mass is 416 g/mol. The minimum atomic E-state index is -0.568. The van der Waals surface area contributed by atoms with Crippen LogP contribution in [0.2, 0.25) is 15.1 Å². The number of benzene rings is 3. The van der Waals surface area contributed by atoms with E-state index in [4.69, 9.17) is 34.8 Å². The summed E-state index contributed by atoms with van der Waals surface area (Å²) in [6.07, 6.45) is 1.12. The lowest BCUT2D eigenvalue weighted by atomic mass is 10.1. The van der Waals surface area contributed by atoms with E-state index < -0.39 is 6.17 Å². The van der Waals surface area contributed by atoms with Crippen molar-refractivity contribution in [3.8, 4) is 0 Å². The molecule has 6 heteroatoms. The fourth-order valence-electron chi connectivity index (χ4n) is 2.37. The van der Waals surface area contributed by atoms with Gasteiger partial charge in [0.25, 0.3) is 5.91 Å². The Morgan fingerprint density at radius 2 is 1.26 bits per heavy atom. The molecule has 3 aromatic carbocycles. The number of nitrogens with zero attached hydrogens (tertiary/aromatic N) is 1. The lowest BCUT2D eigenvalue weighted by molar-refractivity contribution is 0.0938. The number of amides is 1. The third-order valence-electron chi connectivity index (χ3n) is 3.80. The standard InChI is InChI=1S/C21H15Cl3N2O/c22-17-7-1-14(2-8-17)13-25-20(15-3-9-18(23)10-4-15)26-21(27)16-5-11-19(24)12-6-16/h1-13,20H,(H,26,27)/b25-13+. The van der Waals surface area contributed by atoms with Gasteiger partial charge in [-0.05, 0) is 59.7 Å². The van der Waals surface area contributed by atoms with Crippen LogP contribution >= 0.6 is 34.8 Å². The third kappa shape index (κ3) is 5.57. The molecule has 0 aromatic heterocycles. The molecule has 0 fully saturated rings. The van der Waals surface area contributed by atoms with Crippen LogP contribution in [0.1, 0.15) is 27.7 Å². The smallest absolute Gasteiger partial charge is 0.253 e. The second-order valence-corrected chi connectivity index (χ2v) is 7.07. The summed E-state index contributed by atoms with van der Waals surface area (Å²) in [5.74, 6) is -0.250. The van der Waals surface area contributed by atoms with Gasteiger partial charge in [0.15, 0.2) is 0 Å². The van der Waals surface area contributed by atoms with Crippen LogP contribution in [0, 0.1) is 0 Å². The zero-order valence-electron chi connectivity index (χ0n) is 14.1. The highest BCUT2D eigenvalue weighted by molar-refractivity contribution is 6.31. The Balaban J connectivity index is 1.84. The fraction of sp³-hybridized carbons (Fsp3) is 0.0476. The third-order valence-corrected chi connectivity index (χ3v) is 4.56. The largest absolute Gasteiger partial charge is 0.326 e. The maximum Gasteiger partial charge on any atom is 0.253 e. The summed E-state index contributed by atoms with van der Waals surface area (Å²) in [6, 6.07) is 21.1. The molecule has 1 unspecified atom stereocenters. The quantitative estimate of drug-likeness (QED) is 0.494. The second kappa shape index (κ2) is 9.05. The molecule has 0 aliphatic rings. The molecule has 0 spiro atoms. The first-order valence-electron chi connectivity index (χ1n) is 8.12. The number of nitrogens with one attached hydrogen (secondary N) is 1. The van der Waals surface area contributed by atoms with Crippen molar-refractivity contribution < 1.29 is 4.79 Å². The Hall–Kier alpha value is -2.33. The molecule has 0 aliphatic carbocycles. The van der Waals surface area contributed by atoms with E-state index in [9.17, 15) is 4.79 Å². The summed E-state index contributed by atoms with van der Waals surface area (Å²) < 4.78 is 0. The van der Waals surface area contributed by atoms with Crippen molar-refractivity contribution in [2.24, 2.45) is 4.99 Å². The summed E-state index contributed by atoms with van der Waals surface area (Å²) >= 11 is 17.8. The first-order chi connectivity index (χ1) is 13.0. The van der Waals surface area contributed by atoms with Gasteiger partial charge in [0.1, 0.15) is 6.17 Å². The van der Waals surface area contributed by atoms with E-state index in [0.717, 1.165) is 11.1 Å². The molecule has 136 valence electrons. The Kier molecular flexibility index (Phi) is 6.51. The van der Waals surface area contributed by atoms with E-state index in [1.54, 1.807) is 54.7 Å². The second-order valence-electron chi connectivity index (χ2n) is 5.76. The molecule has 0 saturated carbocycles. The van der Waals surface area contributed by atoms with Crippen molar-refractivity contribution in [3.05, 3.63) is 105 Å². The summed E-state index contributed by atoms with van der Waals surface area (Å²) in [5, 5.41) is 4.76. The molecule has 0 saturated heterocycles. The van der Waals surface area contributed by atoms with Crippen molar-refractivity contribution in [1.29, 1.82) is 0 Å². The molecule has 0 bridgehead atoms. The van der Waals surface area contributed by atoms with Crippen LogP contribution in [0.3, 0.4) is 0 Å². The molecule has 1 amide bonds. The summed E-state index contributed by atoms with van der Waals surface area (Å²) in [5.41, 5.74) is 2.19. The number of aliphatic imine (C=N–C) groups is 1. The average Bonchev–Trinajstić information content (AvgIpc) is 2.67. The van der Waals surface area contributed by atoms with Gasteiger partial charge < -0.3 is 5.32 Å². The summed E-state index contributed by atoms with van der Waals surface area (Å²) in [4.78, 5) is 17.1. The van der Waals surface area contributed by atoms with Gasteiger partial charge in [-0.3, -0.25) is 9.79 Å². The molecule has 1 atom stereocenters. The van der Waals surface area contributed by atoms with Gasteiger partial charge in [0.05, 0.1) is 0 Å². The Labute approximate surface area is 172 Å². The predicted octanol–water partition coefficient (Wildman–Crippen LogP) is 6.19. The van der Waals surface area contributed by atoms with Crippen LogP contribution in [0.15, 0.2) is 77.8 Å². The van der Waals surface area contributed by atoms with Gasteiger partial charge in [-0.2, -0.15) is 0 Å². The molecule has 1 N–H and O–H groups in total. The average molecular weight is 418 g/mol. The number of carbonyl (C=O) groups excluding carboxylic acids is 1. The number of halogens is 3. The van der Waals surface area contributed by atoms with E-state index in [1.165, 1.54) is 0 Å². The maximum absolute atomic E-state index is 12.6. The molecule has 0 heterocycles. The highest BCUT2D eigenvalue weighted by atomic mass is 35.5. The van der Waals surface area contributed by atoms with E-state index in [-0.39, 0.29) is 5.91 Å². The lowest BCUT2D eigenvalue weighted by Gasteiger charge is -2.15. The minimum absolute atomic E-state index is 0.250. The zero-order chi connectivity index (χ0) is 19.2. The van der Waals surface area contributed by atoms with Crippen molar-refractivity contribution in [2.75, 3.05) is 0 Å². The Bertz CT molecular complexity index is 937. The zero-order valence-corrected chi connectivity index (χ0v) is 16.3. The van der Waals surface area contributed by atoms with Gasteiger partial charge in [-0.1, -0.05) is 59.1 Å². The molecular formula is C21H15Cl3N2O. The molecule has 3 rings (SSSR count). The van der Waals surface area contributed by atoms with Gasteiger partial charge in [-0.25, -0.2) is 0 Å². The van der Waals surface area contributed by atoms with Crippen molar-refractivity contribution in [2.45, 2.75) is 6.17 Å². The van der Waals surface area contributed by atoms with Crippen LogP contribution < -0.4 is 5.32 Å². The summed E-state index contributed by atoms with van der Waals surface area (Å²) in [7, 11) is 0. The van der Waals surface area contributed by atoms with Crippen LogP contribution in [0.25, 0.3) is 0 Å². The van der Waals surface area contributed by atoms with Crippen molar-refractivity contribution >= 4 is 46.9 Å². The summed E-state index contributed by atoms with van der Waals surface area (Å²) in [6.45, 7) is 0. The molecule has 3 nitrogen and oxygen atoms in total. The number of hydrogen-bond donors (Lipinski definition) is 1. The van der Waals surface area contributed by atoms with Crippen LogP contribution in [0.5, 0.6) is 0 Å². The SMILES string of the molecule is O=C(NC(/N=C/c1ccc(Cl)cc1)c1ccc(Cl)cc1)c1ccc(Cl)cc1. The molecule has 0 radical (unpaired) electrons. The predicted molar refractivity (Wildman–Crippen MR) is 112 cm³/mol. The number of rotatable bonds is 5. The van der Waals surface area contributed by atoms with Gasteiger partial charge in [0.2, 0.25) is 0 Å². The number of hydrogen-bond acceptors (Lipinski definition) is 2. The van der Waals surface area contributed by atoms with Crippen molar-refractivity contribution in [1.82, 2.24) is 5.32 Å². The molecular weight excluding hydrogens is 403 g/mol. The minimum Gasteiger partial charge on any atom is -0.326 e.